The summed E-state index contributed by atoms with van der Waals surface area (Å²) in [6.45, 7) is 3.91. The number of halogens is 3. The smallest absolute Gasteiger partial charge is 0.416 e. The molecule has 0 amide bonds. The van der Waals surface area contributed by atoms with Crippen LogP contribution >= 0.6 is 11.8 Å². The van der Waals surface area contributed by atoms with Crippen molar-refractivity contribution in [2.45, 2.75) is 17.2 Å². The van der Waals surface area contributed by atoms with Crippen molar-refractivity contribution in [2.24, 2.45) is 0 Å². The maximum Gasteiger partial charge on any atom is 0.416 e. The molecule has 2 aromatic rings. The first-order chi connectivity index (χ1) is 13.9. The van der Waals surface area contributed by atoms with Crippen molar-refractivity contribution in [3.8, 4) is 5.75 Å². The van der Waals surface area contributed by atoms with Gasteiger partial charge in [-0.25, -0.2) is 0 Å². The molecule has 4 nitrogen and oxygen atoms in total. The molecule has 1 saturated heterocycles. The number of benzene rings is 2. The number of para-hydroxylation sites is 2. The summed E-state index contributed by atoms with van der Waals surface area (Å²) >= 11 is 1.37. The van der Waals surface area contributed by atoms with Gasteiger partial charge in [0.25, 0.3) is 0 Å². The Morgan fingerprint density at radius 3 is 2.31 bits per heavy atom. The van der Waals surface area contributed by atoms with E-state index >= 15 is 0 Å². The number of alkyl halides is 3. The number of aliphatic hydroxyl groups is 1. The fourth-order valence-electron chi connectivity index (χ4n) is 3.35. The third kappa shape index (κ3) is 6.04. The van der Waals surface area contributed by atoms with Gasteiger partial charge < -0.3 is 14.7 Å². The summed E-state index contributed by atoms with van der Waals surface area (Å²) < 4.78 is 43.3. The van der Waals surface area contributed by atoms with Gasteiger partial charge in [-0.15, -0.1) is 11.8 Å². The minimum Gasteiger partial charge on any atom is -0.495 e. The van der Waals surface area contributed by atoms with Gasteiger partial charge in [0.1, 0.15) is 5.75 Å². The molecule has 0 aromatic heterocycles. The number of methoxy groups -OCH3 is 1. The van der Waals surface area contributed by atoms with Gasteiger partial charge in [0.15, 0.2) is 0 Å². The molecular weight excluding hydrogens is 401 g/mol. The zero-order valence-electron chi connectivity index (χ0n) is 16.2. The molecule has 3 rings (SSSR count). The van der Waals surface area contributed by atoms with Crippen LogP contribution in [0.2, 0.25) is 0 Å². The van der Waals surface area contributed by atoms with Crippen LogP contribution in [0.1, 0.15) is 5.56 Å². The van der Waals surface area contributed by atoms with E-state index in [2.05, 4.69) is 9.80 Å². The van der Waals surface area contributed by atoms with Crippen molar-refractivity contribution in [3.05, 3.63) is 54.1 Å². The molecule has 0 saturated carbocycles. The van der Waals surface area contributed by atoms with Gasteiger partial charge in [-0.05, 0) is 36.4 Å². The van der Waals surface area contributed by atoms with Crippen molar-refractivity contribution >= 4 is 17.4 Å². The summed E-state index contributed by atoms with van der Waals surface area (Å²) in [4.78, 5) is 5.21. The van der Waals surface area contributed by atoms with Gasteiger partial charge >= 0.3 is 6.18 Å². The number of hydrogen-bond donors (Lipinski definition) is 1. The predicted octanol–water partition coefficient (Wildman–Crippen LogP) is 3.99. The number of aliphatic hydroxyl groups excluding tert-OH is 1. The molecule has 1 aliphatic rings. The Hall–Kier alpha value is -1.90. The molecular formula is C21H25F3N2O2S. The molecule has 0 unspecified atom stereocenters. The summed E-state index contributed by atoms with van der Waals surface area (Å²) in [6, 6.07) is 13.0. The molecule has 0 spiro atoms. The average molecular weight is 427 g/mol. The number of β-amino-alcohol motifs (C(OH)–C–C–N with tert-alkyl or cyclic N) is 1. The Morgan fingerprint density at radius 2 is 1.69 bits per heavy atom. The van der Waals surface area contributed by atoms with Gasteiger partial charge in [0.2, 0.25) is 0 Å². The maximum atomic E-state index is 12.6. The second kappa shape index (κ2) is 9.73. The van der Waals surface area contributed by atoms with E-state index in [1.54, 1.807) is 7.11 Å². The van der Waals surface area contributed by atoms with Crippen LogP contribution in [0.4, 0.5) is 18.9 Å². The lowest BCUT2D eigenvalue weighted by Gasteiger charge is -2.37. The predicted molar refractivity (Wildman–Crippen MR) is 110 cm³/mol. The fourth-order valence-corrected chi connectivity index (χ4v) is 4.16. The Kier molecular flexibility index (Phi) is 7.32. The molecule has 1 N–H and O–H groups in total. The van der Waals surface area contributed by atoms with Crippen LogP contribution in [0.25, 0.3) is 0 Å². The zero-order valence-corrected chi connectivity index (χ0v) is 17.0. The van der Waals surface area contributed by atoms with E-state index in [-0.39, 0.29) is 0 Å². The summed E-state index contributed by atoms with van der Waals surface area (Å²) in [5, 5.41) is 10.3. The first-order valence-electron chi connectivity index (χ1n) is 9.45. The zero-order chi connectivity index (χ0) is 20.9. The lowest BCUT2D eigenvalue weighted by molar-refractivity contribution is -0.137. The SMILES string of the molecule is COc1ccccc1N1CCN(C[C@@H](O)CSc2ccc(C(F)(F)F)cc2)CC1. The lowest BCUT2D eigenvalue weighted by Crippen LogP contribution is -2.49. The molecule has 1 aliphatic heterocycles. The largest absolute Gasteiger partial charge is 0.495 e. The summed E-state index contributed by atoms with van der Waals surface area (Å²) in [7, 11) is 1.67. The summed E-state index contributed by atoms with van der Waals surface area (Å²) in [5.74, 6) is 1.30. The number of anilines is 1. The Bertz CT molecular complexity index is 778. The van der Waals surface area contributed by atoms with Crippen LogP contribution in [-0.4, -0.2) is 61.7 Å². The first-order valence-corrected chi connectivity index (χ1v) is 10.4. The van der Waals surface area contributed by atoms with E-state index in [1.165, 1.54) is 23.9 Å². The molecule has 0 bridgehead atoms. The van der Waals surface area contributed by atoms with E-state index < -0.39 is 17.8 Å². The topological polar surface area (TPSA) is 35.9 Å². The normalized spacial score (nSPS) is 16.7. The molecule has 1 fully saturated rings. The number of hydrogen-bond acceptors (Lipinski definition) is 5. The monoisotopic (exact) mass is 426 g/mol. The second-order valence-corrected chi connectivity index (χ2v) is 8.04. The molecule has 158 valence electrons. The Balaban J connectivity index is 1.43. The fraction of sp³-hybridized carbons (Fsp3) is 0.429. The standard InChI is InChI=1S/C21H25F3N2O2S/c1-28-20-5-3-2-4-19(20)26-12-10-25(11-13-26)14-17(27)15-29-18-8-6-16(7-9-18)21(22,23)24/h2-9,17,27H,10-15H2,1H3/t17-/m1/s1. The molecule has 0 radical (unpaired) electrons. The highest BCUT2D eigenvalue weighted by Gasteiger charge is 2.30. The van der Waals surface area contributed by atoms with Gasteiger partial charge in [0, 0.05) is 43.4 Å². The van der Waals surface area contributed by atoms with Crippen LogP contribution in [-0.2, 0) is 6.18 Å². The van der Waals surface area contributed by atoms with Gasteiger partial charge in [-0.3, -0.25) is 4.90 Å². The van der Waals surface area contributed by atoms with E-state index in [1.807, 2.05) is 24.3 Å². The van der Waals surface area contributed by atoms with Crippen molar-refractivity contribution in [1.82, 2.24) is 4.90 Å². The van der Waals surface area contributed by atoms with E-state index in [4.69, 9.17) is 4.74 Å². The highest BCUT2D eigenvalue weighted by molar-refractivity contribution is 7.99. The second-order valence-electron chi connectivity index (χ2n) is 6.95. The third-order valence-electron chi connectivity index (χ3n) is 4.89. The number of piperazine rings is 1. The van der Waals surface area contributed by atoms with Gasteiger partial charge in [0.05, 0.1) is 24.5 Å². The first kappa shape index (κ1) is 21.8. The highest BCUT2D eigenvalue weighted by atomic mass is 32.2. The molecule has 2 aromatic carbocycles. The third-order valence-corrected chi connectivity index (χ3v) is 6.05. The van der Waals surface area contributed by atoms with Crippen LogP contribution in [0.3, 0.4) is 0 Å². The minimum absolute atomic E-state index is 0.443. The van der Waals surface area contributed by atoms with E-state index in [0.717, 1.165) is 54.6 Å². The van der Waals surface area contributed by atoms with Crippen molar-refractivity contribution in [1.29, 1.82) is 0 Å². The number of thioether (sulfide) groups is 1. The van der Waals surface area contributed by atoms with Gasteiger partial charge in [-0.2, -0.15) is 13.2 Å². The highest BCUT2D eigenvalue weighted by Crippen LogP contribution is 2.31. The summed E-state index contributed by atoms with van der Waals surface area (Å²) in [6.07, 6.45) is -4.87. The molecule has 29 heavy (non-hydrogen) atoms. The van der Waals surface area contributed by atoms with Gasteiger partial charge in [-0.1, -0.05) is 12.1 Å². The molecule has 0 aliphatic carbocycles. The van der Waals surface area contributed by atoms with E-state index in [9.17, 15) is 18.3 Å². The molecule has 1 heterocycles. The number of ether oxygens (including phenoxy) is 1. The molecule has 1 atom stereocenters. The number of rotatable bonds is 7. The van der Waals surface area contributed by atoms with Crippen molar-refractivity contribution in [2.75, 3.05) is 50.5 Å². The van der Waals surface area contributed by atoms with Crippen molar-refractivity contribution in [3.63, 3.8) is 0 Å². The number of nitrogens with zero attached hydrogens (tertiary/aromatic N) is 2. The Labute approximate surface area is 173 Å². The minimum atomic E-state index is -4.32. The average Bonchev–Trinajstić information content (AvgIpc) is 2.72. The lowest BCUT2D eigenvalue weighted by atomic mass is 10.2. The summed E-state index contributed by atoms with van der Waals surface area (Å²) in [5.41, 5.74) is 0.420. The van der Waals surface area contributed by atoms with Crippen LogP contribution < -0.4 is 9.64 Å². The van der Waals surface area contributed by atoms with Crippen LogP contribution in [0.15, 0.2) is 53.4 Å². The maximum absolute atomic E-state index is 12.6. The van der Waals surface area contributed by atoms with Crippen LogP contribution in [0, 0.1) is 0 Å². The quantitative estimate of drug-likeness (QED) is 0.678. The molecule has 8 heteroatoms. The van der Waals surface area contributed by atoms with Crippen LogP contribution in [0.5, 0.6) is 5.75 Å². The van der Waals surface area contributed by atoms with Crippen molar-refractivity contribution < 1.29 is 23.0 Å². The van der Waals surface area contributed by atoms with E-state index in [0.29, 0.717) is 12.3 Å². The Morgan fingerprint density at radius 1 is 1.03 bits per heavy atom.